The van der Waals surface area contributed by atoms with E-state index in [0.29, 0.717) is 6.04 Å². The number of imidazole rings is 1. The molecule has 21 heavy (non-hydrogen) atoms. The summed E-state index contributed by atoms with van der Waals surface area (Å²) in [5.41, 5.74) is 2.76. The van der Waals surface area contributed by atoms with Crippen LogP contribution in [-0.4, -0.2) is 31.4 Å². The topological polar surface area (TPSA) is 68.0 Å². The van der Waals surface area contributed by atoms with Crippen LogP contribution in [0.1, 0.15) is 30.9 Å². The maximum absolute atomic E-state index is 10.8. The molecule has 0 aromatic carbocycles. The average Bonchev–Trinajstić information content (AvgIpc) is 2.83. The Morgan fingerprint density at radius 2 is 2.38 bits per heavy atom. The monoisotopic (exact) mass is 303 g/mol. The Labute approximate surface area is 127 Å². The lowest BCUT2D eigenvalue weighted by atomic mass is 10.0. The number of hydrogen-bond acceptors (Lipinski definition) is 4. The molecule has 0 spiro atoms. The van der Waals surface area contributed by atoms with Crippen LogP contribution in [0.15, 0.2) is 29.6 Å². The number of carboxylic acids is 1. The standard InChI is InChI=1S/C15H17N3O2S/c1-10-7-12-14(16-8-10)18(11-5-3-2-4-6-11)15(17-12)21-9-13(19)20/h2-3,7-8,11H,4-6,9H2,1H3,(H,19,20). The molecule has 0 saturated heterocycles. The number of aryl methyl sites for hydroxylation is 1. The van der Waals surface area contributed by atoms with Crippen molar-refractivity contribution in [3.05, 3.63) is 30.0 Å². The zero-order valence-corrected chi connectivity index (χ0v) is 12.6. The zero-order valence-electron chi connectivity index (χ0n) is 11.8. The van der Waals surface area contributed by atoms with Crippen LogP contribution >= 0.6 is 11.8 Å². The van der Waals surface area contributed by atoms with Gasteiger partial charge in [0.1, 0.15) is 5.52 Å². The highest BCUT2D eigenvalue weighted by Crippen LogP contribution is 2.32. The minimum atomic E-state index is -0.828. The molecular formula is C15H17N3O2S. The second-order valence-corrected chi connectivity index (χ2v) is 6.18. The van der Waals surface area contributed by atoms with E-state index in [4.69, 9.17) is 5.11 Å². The predicted octanol–water partition coefficient (Wildman–Crippen LogP) is 3.20. The highest BCUT2D eigenvalue weighted by atomic mass is 32.2. The molecule has 2 aromatic heterocycles. The van der Waals surface area contributed by atoms with E-state index in [-0.39, 0.29) is 5.75 Å². The number of carbonyl (C=O) groups is 1. The summed E-state index contributed by atoms with van der Waals surface area (Å²) in [6.07, 6.45) is 9.24. The second-order valence-electron chi connectivity index (χ2n) is 5.24. The van der Waals surface area contributed by atoms with Gasteiger partial charge in [0.15, 0.2) is 10.8 Å². The van der Waals surface area contributed by atoms with Crippen LogP contribution in [0.3, 0.4) is 0 Å². The third kappa shape index (κ3) is 2.95. The van der Waals surface area contributed by atoms with Crippen LogP contribution in [0.5, 0.6) is 0 Å². The van der Waals surface area contributed by atoms with Crippen LogP contribution in [0.4, 0.5) is 0 Å². The first-order valence-corrected chi connectivity index (χ1v) is 7.98. The van der Waals surface area contributed by atoms with E-state index < -0.39 is 5.97 Å². The number of pyridine rings is 1. The van der Waals surface area contributed by atoms with Gasteiger partial charge >= 0.3 is 5.97 Å². The Morgan fingerprint density at radius 3 is 3.10 bits per heavy atom. The number of nitrogens with zero attached hydrogens (tertiary/aromatic N) is 3. The van der Waals surface area contributed by atoms with E-state index in [2.05, 4.69) is 26.7 Å². The highest BCUT2D eigenvalue weighted by molar-refractivity contribution is 7.99. The minimum absolute atomic E-state index is 0.0187. The van der Waals surface area contributed by atoms with Crippen LogP contribution in [0, 0.1) is 6.92 Å². The zero-order chi connectivity index (χ0) is 14.8. The van der Waals surface area contributed by atoms with Crippen molar-refractivity contribution in [1.29, 1.82) is 0 Å². The fraction of sp³-hybridized carbons (Fsp3) is 0.400. The number of aromatic nitrogens is 3. The highest BCUT2D eigenvalue weighted by Gasteiger charge is 2.21. The maximum atomic E-state index is 10.8. The van der Waals surface area contributed by atoms with Crippen LogP contribution in [0.25, 0.3) is 11.2 Å². The summed E-state index contributed by atoms with van der Waals surface area (Å²) >= 11 is 1.27. The molecule has 2 heterocycles. The van der Waals surface area contributed by atoms with Crippen molar-refractivity contribution in [3.8, 4) is 0 Å². The van der Waals surface area contributed by atoms with Gasteiger partial charge in [-0.3, -0.25) is 4.79 Å². The smallest absolute Gasteiger partial charge is 0.313 e. The van der Waals surface area contributed by atoms with Gasteiger partial charge in [0, 0.05) is 12.2 Å². The van der Waals surface area contributed by atoms with Crippen molar-refractivity contribution in [1.82, 2.24) is 14.5 Å². The van der Waals surface area contributed by atoms with Crippen molar-refractivity contribution < 1.29 is 9.90 Å². The molecule has 0 bridgehead atoms. The molecule has 2 aromatic rings. The second kappa shape index (κ2) is 5.89. The quantitative estimate of drug-likeness (QED) is 0.694. The van der Waals surface area contributed by atoms with E-state index in [9.17, 15) is 4.79 Å². The van der Waals surface area contributed by atoms with Crippen LogP contribution < -0.4 is 0 Å². The molecule has 1 atom stereocenters. The van der Waals surface area contributed by atoms with E-state index in [1.165, 1.54) is 11.8 Å². The van der Waals surface area contributed by atoms with Gasteiger partial charge in [-0.15, -0.1) is 0 Å². The normalized spacial score (nSPS) is 18.2. The van der Waals surface area contributed by atoms with Crippen molar-refractivity contribution >= 4 is 28.9 Å². The van der Waals surface area contributed by atoms with Gasteiger partial charge in [-0.25, -0.2) is 9.97 Å². The summed E-state index contributed by atoms with van der Waals surface area (Å²) in [5, 5.41) is 9.67. The van der Waals surface area contributed by atoms with Gasteiger partial charge in [-0.1, -0.05) is 23.9 Å². The lowest BCUT2D eigenvalue weighted by molar-refractivity contribution is -0.133. The van der Waals surface area contributed by atoms with Crippen molar-refractivity contribution in [2.45, 2.75) is 37.4 Å². The lowest BCUT2D eigenvalue weighted by Gasteiger charge is -2.21. The molecular weight excluding hydrogens is 286 g/mol. The Hall–Kier alpha value is -1.82. The maximum Gasteiger partial charge on any atom is 0.313 e. The minimum Gasteiger partial charge on any atom is -0.481 e. The van der Waals surface area contributed by atoms with Gasteiger partial charge in [0.05, 0.1) is 5.75 Å². The fourth-order valence-electron chi connectivity index (χ4n) is 2.63. The number of allylic oxidation sites excluding steroid dienone is 2. The Morgan fingerprint density at radius 1 is 1.52 bits per heavy atom. The summed E-state index contributed by atoms with van der Waals surface area (Å²) in [6.45, 7) is 1.98. The van der Waals surface area contributed by atoms with E-state index in [1.54, 1.807) is 0 Å². The molecule has 0 fully saturated rings. The molecule has 110 valence electrons. The number of aliphatic carboxylic acids is 1. The summed E-state index contributed by atoms with van der Waals surface area (Å²) in [7, 11) is 0. The molecule has 1 N–H and O–H groups in total. The number of thioether (sulfide) groups is 1. The molecule has 6 heteroatoms. The number of carboxylic acid groups (broad SMARTS) is 1. The molecule has 5 nitrogen and oxygen atoms in total. The first-order chi connectivity index (χ1) is 10.1. The molecule has 1 unspecified atom stereocenters. The summed E-state index contributed by atoms with van der Waals surface area (Å²) in [5.74, 6) is -0.809. The largest absolute Gasteiger partial charge is 0.481 e. The van der Waals surface area contributed by atoms with Crippen molar-refractivity contribution in [2.75, 3.05) is 5.75 Å². The number of hydrogen-bond donors (Lipinski definition) is 1. The third-order valence-corrected chi connectivity index (χ3v) is 4.50. The van der Waals surface area contributed by atoms with Gasteiger partial charge in [-0.2, -0.15) is 0 Å². The van der Waals surface area contributed by atoms with E-state index in [0.717, 1.165) is 41.1 Å². The van der Waals surface area contributed by atoms with Crippen LogP contribution in [-0.2, 0) is 4.79 Å². The number of fused-ring (bicyclic) bond motifs is 1. The SMILES string of the molecule is Cc1cnc2c(c1)nc(SCC(=O)O)n2C1CC=CCC1. The van der Waals surface area contributed by atoms with Gasteiger partial charge in [0.25, 0.3) is 0 Å². The van der Waals surface area contributed by atoms with Gasteiger partial charge in [-0.05, 0) is 37.8 Å². The molecule has 1 aliphatic carbocycles. The molecule has 1 aliphatic rings. The Kier molecular flexibility index (Phi) is 3.96. The van der Waals surface area contributed by atoms with Crippen molar-refractivity contribution in [3.63, 3.8) is 0 Å². The summed E-state index contributed by atoms with van der Waals surface area (Å²) in [4.78, 5) is 20.0. The van der Waals surface area contributed by atoms with E-state index in [1.807, 2.05) is 19.2 Å². The Bertz CT molecular complexity index is 708. The van der Waals surface area contributed by atoms with Crippen LogP contribution in [0.2, 0.25) is 0 Å². The molecule has 0 aliphatic heterocycles. The first kappa shape index (κ1) is 14.1. The molecule has 0 amide bonds. The molecule has 0 saturated carbocycles. The first-order valence-electron chi connectivity index (χ1n) is 6.99. The Balaban J connectivity index is 2.05. The number of rotatable bonds is 4. The summed E-state index contributed by atoms with van der Waals surface area (Å²) < 4.78 is 2.12. The summed E-state index contributed by atoms with van der Waals surface area (Å²) in [6, 6.07) is 2.31. The molecule has 0 radical (unpaired) electrons. The average molecular weight is 303 g/mol. The molecule has 3 rings (SSSR count). The lowest BCUT2D eigenvalue weighted by Crippen LogP contribution is -2.13. The third-order valence-electron chi connectivity index (χ3n) is 3.57. The van der Waals surface area contributed by atoms with Gasteiger partial charge < -0.3 is 9.67 Å². The van der Waals surface area contributed by atoms with E-state index >= 15 is 0 Å². The van der Waals surface area contributed by atoms with Crippen molar-refractivity contribution in [2.24, 2.45) is 0 Å². The van der Waals surface area contributed by atoms with Gasteiger partial charge in [0.2, 0.25) is 0 Å². The predicted molar refractivity (Wildman–Crippen MR) is 82.7 cm³/mol. The fourth-order valence-corrected chi connectivity index (χ4v) is 3.42.